The smallest absolute Gasteiger partial charge is 0.338 e. The fourth-order valence-electron chi connectivity index (χ4n) is 4.84. The van der Waals surface area contributed by atoms with Crippen molar-refractivity contribution in [1.82, 2.24) is 24.4 Å². The number of nitrogens with zero attached hydrogens (tertiary/aromatic N) is 5. The molecule has 5 atom stereocenters. The normalized spacial score (nSPS) is 24.6. The van der Waals surface area contributed by atoms with E-state index in [1.165, 1.54) is 12.7 Å². The number of carbonyl (C=O) groups excluding carboxylic acids is 1. The van der Waals surface area contributed by atoms with Crippen molar-refractivity contribution in [3.05, 3.63) is 88.5 Å². The molecular weight excluding hydrogens is 516 g/mol. The van der Waals surface area contributed by atoms with E-state index in [0.717, 1.165) is 5.56 Å². The molecule has 0 saturated carbocycles. The summed E-state index contributed by atoms with van der Waals surface area (Å²) >= 11 is 0. The number of hydrogen-bond donors (Lipinski definition) is 1. The molecule has 2 aliphatic rings. The number of esters is 1. The van der Waals surface area contributed by atoms with Gasteiger partial charge in [-0.1, -0.05) is 48.5 Å². The molecule has 1 N–H and O–H groups in total. The molecule has 12 heteroatoms. The minimum Gasteiger partial charge on any atom is -0.454 e. The van der Waals surface area contributed by atoms with Gasteiger partial charge < -0.3 is 28.4 Å². The monoisotopic (exact) mass is 544 g/mol. The molecule has 0 bridgehead atoms. The number of imidazole rings is 1. The van der Waals surface area contributed by atoms with Gasteiger partial charge in [0.25, 0.3) is 5.56 Å². The number of fused-ring (bicyclic) bond motifs is 2. The van der Waals surface area contributed by atoms with Gasteiger partial charge in [0.15, 0.2) is 23.6 Å². The van der Waals surface area contributed by atoms with Crippen molar-refractivity contribution in [2.75, 3.05) is 27.3 Å². The van der Waals surface area contributed by atoms with E-state index >= 15 is 0 Å². The molecule has 5 unspecified atom stereocenters. The minimum absolute atomic E-state index is 0.117. The van der Waals surface area contributed by atoms with Crippen molar-refractivity contribution < 1.29 is 23.7 Å². The Kier molecular flexibility index (Phi) is 7.11. The highest BCUT2D eigenvalue weighted by atomic mass is 16.7. The first-order chi connectivity index (χ1) is 19.5. The quantitative estimate of drug-likeness (QED) is 0.221. The molecule has 6 rings (SSSR count). The van der Waals surface area contributed by atoms with Crippen molar-refractivity contribution in [3.63, 3.8) is 0 Å². The summed E-state index contributed by atoms with van der Waals surface area (Å²) in [5, 5.41) is 0. The van der Waals surface area contributed by atoms with E-state index in [0.29, 0.717) is 5.56 Å². The third-order valence-corrected chi connectivity index (χ3v) is 6.76. The van der Waals surface area contributed by atoms with Crippen LogP contribution in [0.5, 0.6) is 0 Å². The number of ether oxygens (including phenoxy) is 4. The Morgan fingerprint density at radius 3 is 2.60 bits per heavy atom. The Morgan fingerprint density at radius 2 is 1.85 bits per heavy atom. The van der Waals surface area contributed by atoms with Gasteiger partial charge >= 0.3 is 5.97 Å². The molecule has 2 fully saturated rings. The number of aromatic amines is 1. The average molecular weight is 545 g/mol. The summed E-state index contributed by atoms with van der Waals surface area (Å²) < 4.78 is 26.4. The van der Waals surface area contributed by atoms with Crippen molar-refractivity contribution in [1.29, 1.82) is 0 Å². The Bertz CT molecular complexity index is 1570. The summed E-state index contributed by atoms with van der Waals surface area (Å²) in [5.41, 5.74) is 1.22. The maximum Gasteiger partial charge on any atom is 0.338 e. The summed E-state index contributed by atoms with van der Waals surface area (Å²) in [4.78, 5) is 43.5. The van der Waals surface area contributed by atoms with E-state index in [2.05, 4.69) is 19.9 Å². The summed E-state index contributed by atoms with van der Waals surface area (Å²) in [7, 11) is 3.62. The van der Waals surface area contributed by atoms with Gasteiger partial charge in [0.1, 0.15) is 12.2 Å². The molecule has 2 aromatic carbocycles. The number of aliphatic imine (C=N–C) groups is 1. The first-order valence-electron chi connectivity index (χ1n) is 12.8. The third-order valence-electron chi connectivity index (χ3n) is 6.76. The first-order valence-corrected chi connectivity index (χ1v) is 12.8. The number of H-pyrrole nitrogens is 1. The number of benzene rings is 2. The van der Waals surface area contributed by atoms with E-state index in [9.17, 15) is 9.59 Å². The topological polar surface area (TPSA) is 133 Å². The Labute approximate surface area is 229 Å². The minimum atomic E-state index is -0.811. The standard InChI is InChI=1S/C28H28N6O6/c1-33(2)15-30-28-31-24-21(25(35)32-28)29-16-34(24)19-13-37-20-14-38-27(18-11-7-4-8-12-18)40-23(20)22(19)39-26(36)17-9-5-3-6-10-17/h3-12,15-16,19-20,22-23,27H,13-14H2,1-2H3,(H,31,32,35). The van der Waals surface area contributed by atoms with Gasteiger partial charge in [0.2, 0.25) is 5.95 Å². The van der Waals surface area contributed by atoms with Gasteiger partial charge in [-0.25, -0.2) is 14.8 Å². The van der Waals surface area contributed by atoms with Crippen LogP contribution in [0, 0.1) is 0 Å². The zero-order chi connectivity index (χ0) is 27.6. The summed E-state index contributed by atoms with van der Waals surface area (Å²) in [6.45, 7) is 0.398. The van der Waals surface area contributed by atoms with Gasteiger partial charge in [-0.3, -0.25) is 9.78 Å². The van der Waals surface area contributed by atoms with Crippen molar-refractivity contribution in [3.8, 4) is 0 Å². The summed E-state index contributed by atoms with van der Waals surface area (Å²) in [6.07, 6.45) is 0.400. The van der Waals surface area contributed by atoms with Crippen LogP contribution in [0.2, 0.25) is 0 Å². The molecular formula is C28H28N6O6. The van der Waals surface area contributed by atoms with E-state index in [1.54, 1.807) is 33.7 Å². The predicted octanol–water partition coefficient (Wildman–Crippen LogP) is 2.62. The predicted molar refractivity (Wildman–Crippen MR) is 144 cm³/mol. The SMILES string of the molecule is CN(C)C=Nc1nc2c(ncn2C2COC3COC(c4ccccc4)OC3C2OC(=O)c2ccccc2)c(=O)[nH]1. The second kappa shape index (κ2) is 11.0. The maximum absolute atomic E-state index is 13.3. The van der Waals surface area contributed by atoms with E-state index < -0.39 is 42.2 Å². The maximum atomic E-state index is 13.3. The first kappa shape index (κ1) is 25.9. The lowest BCUT2D eigenvalue weighted by atomic mass is 9.96. The number of aromatic nitrogens is 4. The van der Waals surface area contributed by atoms with Gasteiger partial charge in [-0.05, 0) is 12.1 Å². The molecule has 40 heavy (non-hydrogen) atoms. The zero-order valence-corrected chi connectivity index (χ0v) is 21.9. The lowest BCUT2D eigenvalue weighted by Crippen LogP contribution is -2.57. The molecule has 0 aliphatic carbocycles. The third kappa shape index (κ3) is 5.11. The number of rotatable bonds is 6. The zero-order valence-electron chi connectivity index (χ0n) is 21.9. The van der Waals surface area contributed by atoms with Crippen molar-refractivity contribution >= 4 is 29.4 Å². The molecule has 4 heterocycles. The van der Waals surface area contributed by atoms with Crippen molar-refractivity contribution in [2.24, 2.45) is 4.99 Å². The highest BCUT2D eigenvalue weighted by Gasteiger charge is 2.49. The van der Waals surface area contributed by atoms with Crippen LogP contribution in [0.3, 0.4) is 0 Å². The number of nitrogens with one attached hydrogen (secondary N) is 1. The fourth-order valence-corrected chi connectivity index (χ4v) is 4.84. The second-order valence-corrected chi connectivity index (χ2v) is 9.77. The Hall–Kier alpha value is -4.39. The van der Waals surface area contributed by atoms with Crippen LogP contribution in [0.4, 0.5) is 5.95 Å². The van der Waals surface area contributed by atoms with Crippen LogP contribution in [0.25, 0.3) is 11.2 Å². The van der Waals surface area contributed by atoms with Crippen LogP contribution >= 0.6 is 0 Å². The average Bonchev–Trinajstić information content (AvgIpc) is 3.41. The van der Waals surface area contributed by atoms with E-state index in [1.807, 2.05) is 50.5 Å². The number of carbonyl (C=O) groups is 1. The fraction of sp³-hybridized carbons (Fsp3) is 0.321. The molecule has 0 spiro atoms. The molecule has 2 saturated heterocycles. The summed E-state index contributed by atoms with van der Waals surface area (Å²) in [6, 6.07) is 17.7. The lowest BCUT2D eigenvalue weighted by Gasteiger charge is -2.46. The number of hydrogen-bond acceptors (Lipinski definition) is 9. The second-order valence-electron chi connectivity index (χ2n) is 9.77. The molecule has 2 aliphatic heterocycles. The van der Waals surface area contributed by atoms with Gasteiger partial charge in [0, 0.05) is 19.7 Å². The van der Waals surface area contributed by atoms with Crippen LogP contribution in [0.1, 0.15) is 28.3 Å². The molecule has 206 valence electrons. The van der Waals surface area contributed by atoms with Gasteiger partial charge in [-0.15, -0.1) is 0 Å². The Morgan fingerprint density at radius 1 is 1.10 bits per heavy atom. The van der Waals surface area contributed by atoms with Crippen LogP contribution in [-0.2, 0) is 18.9 Å². The van der Waals surface area contributed by atoms with Gasteiger partial charge in [-0.2, -0.15) is 4.98 Å². The van der Waals surface area contributed by atoms with Crippen molar-refractivity contribution in [2.45, 2.75) is 30.6 Å². The van der Waals surface area contributed by atoms with Crippen LogP contribution in [-0.4, -0.2) is 82.3 Å². The summed E-state index contributed by atoms with van der Waals surface area (Å²) in [5.74, 6) is -0.388. The van der Waals surface area contributed by atoms with Gasteiger partial charge in [0.05, 0.1) is 37.5 Å². The molecule has 4 aromatic rings. The largest absolute Gasteiger partial charge is 0.454 e. The molecule has 0 radical (unpaired) electrons. The highest BCUT2D eigenvalue weighted by molar-refractivity contribution is 5.89. The molecule has 0 amide bonds. The molecule has 12 nitrogen and oxygen atoms in total. The highest BCUT2D eigenvalue weighted by Crippen LogP contribution is 2.38. The van der Waals surface area contributed by atoms with Crippen LogP contribution < -0.4 is 5.56 Å². The van der Waals surface area contributed by atoms with E-state index in [-0.39, 0.29) is 30.3 Å². The van der Waals surface area contributed by atoms with E-state index in [4.69, 9.17) is 18.9 Å². The molecule has 2 aromatic heterocycles. The Balaban J connectivity index is 1.39. The lowest BCUT2D eigenvalue weighted by molar-refractivity contribution is -0.305. The van der Waals surface area contributed by atoms with Crippen LogP contribution in [0.15, 0.2) is 76.8 Å².